The fraction of sp³-hybridized carbons (Fsp3) is 0.600. The standard InChI is InChI=1S/C15H25NO/c1-15(2,3)9-10-16-14(12-17)11-13-7-5-4-6-8-13/h4-8,14,16-17H,9-12H2,1-3H3/t14-/m1/s1. The Morgan fingerprint density at radius 3 is 2.35 bits per heavy atom. The Morgan fingerprint density at radius 1 is 1.18 bits per heavy atom. The summed E-state index contributed by atoms with van der Waals surface area (Å²) in [6.07, 6.45) is 2.01. The molecule has 17 heavy (non-hydrogen) atoms. The Bertz CT molecular complexity index is 302. The van der Waals surface area contributed by atoms with Gasteiger partial charge in [-0.05, 0) is 30.4 Å². The lowest BCUT2D eigenvalue weighted by atomic mass is 9.92. The van der Waals surface area contributed by atoms with E-state index in [4.69, 9.17) is 0 Å². The Kier molecular flexibility index (Phi) is 5.66. The molecule has 2 N–H and O–H groups in total. The zero-order valence-corrected chi connectivity index (χ0v) is 11.2. The second-order valence-electron chi connectivity index (χ2n) is 5.83. The molecule has 1 atom stereocenters. The van der Waals surface area contributed by atoms with Crippen LogP contribution in [0.3, 0.4) is 0 Å². The van der Waals surface area contributed by atoms with Crippen molar-refractivity contribution in [3.05, 3.63) is 35.9 Å². The van der Waals surface area contributed by atoms with Crippen LogP contribution >= 0.6 is 0 Å². The highest BCUT2D eigenvalue weighted by atomic mass is 16.3. The average molecular weight is 235 g/mol. The lowest BCUT2D eigenvalue weighted by molar-refractivity contribution is 0.235. The van der Waals surface area contributed by atoms with E-state index in [1.165, 1.54) is 5.56 Å². The molecule has 1 aromatic rings. The first-order valence-corrected chi connectivity index (χ1v) is 6.39. The minimum Gasteiger partial charge on any atom is -0.395 e. The van der Waals surface area contributed by atoms with E-state index >= 15 is 0 Å². The van der Waals surface area contributed by atoms with Gasteiger partial charge in [0.2, 0.25) is 0 Å². The second-order valence-corrected chi connectivity index (χ2v) is 5.83. The minimum absolute atomic E-state index is 0.166. The average Bonchev–Trinajstić information content (AvgIpc) is 2.27. The Hall–Kier alpha value is -0.860. The normalized spacial score (nSPS) is 13.6. The number of hydrogen-bond donors (Lipinski definition) is 2. The monoisotopic (exact) mass is 235 g/mol. The summed E-state index contributed by atoms with van der Waals surface area (Å²) < 4.78 is 0. The molecular formula is C15H25NO. The predicted octanol–water partition coefficient (Wildman–Crippen LogP) is 2.62. The summed E-state index contributed by atoms with van der Waals surface area (Å²) in [4.78, 5) is 0. The van der Waals surface area contributed by atoms with Crippen LogP contribution in [0.4, 0.5) is 0 Å². The SMILES string of the molecule is CC(C)(C)CCN[C@@H](CO)Cc1ccccc1. The molecule has 0 radical (unpaired) electrons. The Balaban J connectivity index is 2.34. The van der Waals surface area contributed by atoms with Crippen molar-refractivity contribution in [3.8, 4) is 0 Å². The minimum atomic E-state index is 0.166. The summed E-state index contributed by atoms with van der Waals surface area (Å²) in [6.45, 7) is 7.86. The van der Waals surface area contributed by atoms with Gasteiger partial charge in [-0.3, -0.25) is 0 Å². The molecule has 0 unspecified atom stereocenters. The number of nitrogens with one attached hydrogen (secondary N) is 1. The van der Waals surface area contributed by atoms with E-state index in [-0.39, 0.29) is 12.6 Å². The topological polar surface area (TPSA) is 32.3 Å². The van der Waals surface area contributed by atoms with Gasteiger partial charge in [-0.25, -0.2) is 0 Å². The zero-order valence-electron chi connectivity index (χ0n) is 11.2. The summed E-state index contributed by atoms with van der Waals surface area (Å²) in [6, 6.07) is 10.5. The summed E-state index contributed by atoms with van der Waals surface area (Å²) >= 11 is 0. The predicted molar refractivity (Wildman–Crippen MR) is 73.1 cm³/mol. The third-order valence-corrected chi connectivity index (χ3v) is 2.85. The van der Waals surface area contributed by atoms with Crippen molar-refractivity contribution in [2.24, 2.45) is 5.41 Å². The molecule has 1 rings (SSSR count). The number of hydrogen-bond acceptors (Lipinski definition) is 2. The quantitative estimate of drug-likeness (QED) is 0.794. The molecule has 2 heteroatoms. The van der Waals surface area contributed by atoms with Gasteiger partial charge >= 0.3 is 0 Å². The van der Waals surface area contributed by atoms with Gasteiger partial charge in [-0.15, -0.1) is 0 Å². The second kappa shape index (κ2) is 6.77. The van der Waals surface area contributed by atoms with Crippen LogP contribution in [0.25, 0.3) is 0 Å². The van der Waals surface area contributed by atoms with Crippen LogP contribution in [0, 0.1) is 5.41 Å². The summed E-state index contributed by atoms with van der Waals surface area (Å²) in [5.41, 5.74) is 1.62. The van der Waals surface area contributed by atoms with Crippen LogP contribution in [0.1, 0.15) is 32.8 Å². The molecule has 0 spiro atoms. The van der Waals surface area contributed by atoms with E-state index in [9.17, 15) is 5.11 Å². The van der Waals surface area contributed by atoms with Crippen LogP contribution in [0.2, 0.25) is 0 Å². The fourth-order valence-electron chi connectivity index (χ4n) is 1.75. The van der Waals surface area contributed by atoms with Gasteiger partial charge in [-0.2, -0.15) is 0 Å². The molecule has 0 saturated carbocycles. The number of aliphatic hydroxyl groups is 1. The maximum Gasteiger partial charge on any atom is 0.0587 e. The molecule has 96 valence electrons. The molecule has 0 aliphatic heterocycles. The lowest BCUT2D eigenvalue weighted by Crippen LogP contribution is -2.36. The maximum absolute atomic E-state index is 9.35. The van der Waals surface area contributed by atoms with Crippen molar-refractivity contribution >= 4 is 0 Å². The molecule has 2 nitrogen and oxygen atoms in total. The third kappa shape index (κ3) is 6.44. The first kappa shape index (κ1) is 14.2. The fourth-order valence-corrected chi connectivity index (χ4v) is 1.75. The number of benzene rings is 1. The van der Waals surface area contributed by atoms with Gasteiger partial charge in [0.25, 0.3) is 0 Å². The van der Waals surface area contributed by atoms with E-state index in [1.807, 2.05) is 18.2 Å². The van der Waals surface area contributed by atoms with Gasteiger partial charge in [0, 0.05) is 6.04 Å². The number of rotatable bonds is 6. The maximum atomic E-state index is 9.35. The molecule has 0 saturated heterocycles. The molecule has 0 amide bonds. The van der Waals surface area contributed by atoms with Crippen LogP contribution < -0.4 is 5.32 Å². The molecule has 0 aliphatic carbocycles. The van der Waals surface area contributed by atoms with Crippen LogP contribution in [0.5, 0.6) is 0 Å². The molecular weight excluding hydrogens is 210 g/mol. The van der Waals surface area contributed by atoms with E-state index in [0.29, 0.717) is 5.41 Å². The molecule has 0 aliphatic rings. The van der Waals surface area contributed by atoms with Crippen LogP contribution in [0.15, 0.2) is 30.3 Å². The largest absolute Gasteiger partial charge is 0.395 e. The van der Waals surface area contributed by atoms with Crippen molar-refractivity contribution in [1.82, 2.24) is 5.32 Å². The van der Waals surface area contributed by atoms with E-state index in [0.717, 1.165) is 19.4 Å². The highest BCUT2D eigenvalue weighted by Gasteiger charge is 2.12. The highest BCUT2D eigenvalue weighted by molar-refractivity contribution is 5.15. The number of aliphatic hydroxyl groups excluding tert-OH is 1. The molecule has 0 heterocycles. The van der Waals surface area contributed by atoms with E-state index in [1.54, 1.807) is 0 Å². The van der Waals surface area contributed by atoms with E-state index in [2.05, 4.69) is 38.2 Å². The van der Waals surface area contributed by atoms with Crippen molar-refractivity contribution in [3.63, 3.8) is 0 Å². The van der Waals surface area contributed by atoms with Gasteiger partial charge in [0.1, 0.15) is 0 Å². The first-order valence-electron chi connectivity index (χ1n) is 6.39. The van der Waals surface area contributed by atoms with Gasteiger partial charge < -0.3 is 10.4 Å². The Morgan fingerprint density at radius 2 is 1.82 bits per heavy atom. The molecule has 0 fully saturated rings. The highest BCUT2D eigenvalue weighted by Crippen LogP contribution is 2.17. The molecule has 0 bridgehead atoms. The smallest absolute Gasteiger partial charge is 0.0587 e. The summed E-state index contributed by atoms with van der Waals surface area (Å²) in [7, 11) is 0. The lowest BCUT2D eigenvalue weighted by Gasteiger charge is -2.21. The summed E-state index contributed by atoms with van der Waals surface area (Å²) in [5.74, 6) is 0. The van der Waals surface area contributed by atoms with Crippen LogP contribution in [-0.4, -0.2) is 24.3 Å². The van der Waals surface area contributed by atoms with Crippen molar-refractivity contribution in [2.75, 3.05) is 13.2 Å². The van der Waals surface area contributed by atoms with Gasteiger partial charge in [-0.1, -0.05) is 51.1 Å². The van der Waals surface area contributed by atoms with Crippen molar-refractivity contribution in [1.29, 1.82) is 0 Å². The van der Waals surface area contributed by atoms with Gasteiger partial charge in [0.05, 0.1) is 6.61 Å². The van der Waals surface area contributed by atoms with E-state index < -0.39 is 0 Å². The first-order chi connectivity index (χ1) is 8.01. The third-order valence-electron chi connectivity index (χ3n) is 2.85. The molecule has 1 aromatic carbocycles. The van der Waals surface area contributed by atoms with Gasteiger partial charge in [0.15, 0.2) is 0 Å². The zero-order chi connectivity index (χ0) is 12.7. The van der Waals surface area contributed by atoms with Crippen LogP contribution in [-0.2, 0) is 6.42 Å². The summed E-state index contributed by atoms with van der Waals surface area (Å²) in [5, 5.41) is 12.8. The van der Waals surface area contributed by atoms with Crippen molar-refractivity contribution < 1.29 is 5.11 Å². The Labute approximate surface area is 105 Å². The molecule has 0 aromatic heterocycles. The van der Waals surface area contributed by atoms with Crippen molar-refractivity contribution in [2.45, 2.75) is 39.7 Å².